The molecule has 3 aromatic rings. The monoisotopic (exact) mass is 244 g/mol. The van der Waals surface area contributed by atoms with Gasteiger partial charge in [0.1, 0.15) is 17.0 Å². The van der Waals surface area contributed by atoms with Gasteiger partial charge in [-0.2, -0.15) is 0 Å². The van der Waals surface area contributed by atoms with Crippen LogP contribution in [0.25, 0.3) is 20.4 Å². The predicted octanol–water partition coefficient (Wildman–Crippen LogP) is 2.69. The Morgan fingerprint density at radius 3 is 2.94 bits per heavy atom. The third-order valence-corrected chi connectivity index (χ3v) is 4.06. The largest absolute Gasteiger partial charge is 0.382 e. The van der Waals surface area contributed by atoms with Crippen molar-refractivity contribution in [3.8, 4) is 0 Å². The number of aryl methyl sites for hydroxylation is 2. The molecular weight excluding hydrogens is 232 g/mol. The molecule has 2 N–H and O–H groups in total. The zero-order valence-electron chi connectivity index (χ0n) is 9.69. The molecule has 0 spiro atoms. The highest BCUT2D eigenvalue weighted by atomic mass is 32.1. The molecule has 0 bridgehead atoms. The standard InChI is InChI=1S/C12H12N4S/c1-3-7-4-8-9-10(11(13)15-5-14-9)17-12(8)16-6(7)2/h4-5H,3H2,1-2H3,(H2,13,14,15). The molecule has 0 unspecified atom stereocenters. The summed E-state index contributed by atoms with van der Waals surface area (Å²) in [5.74, 6) is 0.536. The number of nitrogens with zero attached hydrogens (tertiary/aromatic N) is 3. The van der Waals surface area contributed by atoms with Crippen molar-refractivity contribution in [2.45, 2.75) is 20.3 Å². The summed E-state index contributed by atoms with van der Waals surface area (Å²) in [4.78, 5) is 13.9. The van der Waals surface area contributed by atoms with Crippen molar-refractivity contribution < 1.29 is 0 Å². The molecule has 0 aliphatic carbocycles. The molecule has 0 amide bonds. The molecule has 5 heteroatoms. The number of nitrogens with two attached hydrogens (primary N) is 1. The van der Waals surface area contributed by atoms with E-state index in [1.165, 1.54) is 11.9 Å². The molecule has 17 heavy (non-hydrogen) atoms. The number of rotatable bonds is 1. The Balaban J connectivity index is 2.49. The van der Waals surface area contributed by atoms with Crippen molar-refractivity contribution in [1.29, 1.82) is 0 Å². The van der Waals surface area contributed by atoms with Crippen LogP contribution in [-0.2, 0) is 6.42 Å². The summed E-state index contributed by atoms with van der Waals surface area (Å²) in [7, 11) is 0. The summed E-state index contributed by atoms with van der Waals surface area (Å²) in [6, 6.07) is 2.17. The fourth-order valence-electron chi connectivity index (χ4n) is 2.01. The van der Waals surface area contributed by atoms with Crippen molar-refractivity contribution in [3.05, 3.63) is 23.7 Å². The number of pyridine rings is 1. The Morgan fingerprint density at radius 2 is 2.18 bits per heavy atom. The first-order valence-corrected chi connectivity index (χ1v) is 6.31. The maximum atomic E-state index is 5.86. The fraction of sp³-hybridized carbons (Fsp3) is 0.250. The van der Waals surface area contributed by atoms with Crippen LogP contribution in [0.15, 0.2) is 12.4 Å². The SMILES string of the molecule is CCc1cc2c(nc1C)sc1c(N)ncnc12. The lowest BCUT2D eigenvalue weighted by Crippen LogP contribution is -1.91. The maximum absolute atomic E-state index is 5.86. The summed E-state index contributed by atoms with van der Waals surface area (Å²) in [6.45, 7) is 4.17. The molecule has 0 aliphatic rings. The molecule has 3 rings (SSSR count). The second kappa shape index (κ2) is 3.63. The Kier molecular flexibility index (Phi) is 2.22. The van der Waals surface area contributed by atoms with E-state index in [-0.39, 0.29) is 0 Å². The number of thiophene rings is 1. The van der Waals surface area contributed by atoms with Crippen LogP contribution in [0.3, 0.4) is 0 Å². The van der Waals surface area contributed by atoms with Gasteiger partial charge in [0.25, 0.3) is 0 Å². The van der Waals surface area contributed by atoms with Crippen LogP contribution in [0.2, 0.25) is 0 Å². The number of hydrogen-bond donors (Lipinski definition) is 1. The first-order chi connectivity index (χ1) is 8.20. The van der Waals surface area contributed by atoms with Gasteiger partial charge in [-0.1, -0.05) is 6.92 Å². The van der Waals surface area contributed by atoms with Gasteiger partial charge in [-0.3, -0.25) is 0 Å². The van der Waals surface area contributed by atoms with Gasteiger partial charge in [0.05, 0.1) is 10.2 Å². The highest BCUT2D eigenvalue weighted by Gasteiger charge is 2.12. The molecule has 0 atom stereocenters. The van der Waals surface area contributed by atoms with Crippen molar-refractivity contribution in [3.63, 3.8) is 0 Å². The topological polar surface area (TPSA) is 64.7 Å². The normalized spacial score (nSPS) is 11.4. The van der Waals surface area contributed by atoms with Gasteiger partial charge in [0, 0.05) is 11.1 Å². The van der Waals surface area contributed by atoms with E-state index < -0.39 is 0 Å². The molecule has 0 fully saturated rings. The lowest BCUT2D eigenvalue weighted by Gasteiger charge is -2.01. The van der Waals surface area contributed by atoms with Gasteiger partial charge in [-0.05, 0) is 25.0 Å². The molecule has 86 valence electrons. The highest BCUT2D eigenvalue weighted by molar-refractivity contribution is 7.25. The zero-order valence-corrected chi connectivity index (χ0v) is 10.5. The lowest BCUT2D eigenvalue weighted by molar-refractivity contribution is 1.07. The average Bonchev–Trinajstić information content (AvgIpc) is 2.67. The number of fused-ring (bicyclic) bond motifs is 3. The molecule has 0 saturated heterocycles. The van der Waals surface area contributed by atoms with Crippen LogP contribution < -0.4 is 5.73 Å². The summed E-state index contributed by atoms with van der Waals surface area (Å²) < 4.78 is 0.933. The van der Waals surface area contributed by atoms with Gasteiger partial charge >= 0.3 is 0 Å². The van der Waals surface area contributed by atoms with Crippen LogP contribution in [-0.4, -0.2) is 15.0 Å². The molecule has 3 aromatic heterocycles. The van der Waals surface area contributed by atoms with Crippen molar-refractivity contribution in [1.82, 2.24) is 15.0 Å². The summed E-state index contributed by atoms with van der Waals surface area (Å²) in [6.07, 6.45) is 2.49. The minimum atomic E-state index is 0.536. The highest BCUT2D eigenvalue weighted by Crippen LogP contribution is 2.34. The van der Waals surface area contributed by atoms with Gasteiger partial charge in [0.15, 0.2) is 0 Å². The van der Waals surface area contributed by atoms with E-state index in [0.717, 1.165) is 32.5 Å². The molecule has 0 aromatic carbocycles. The van der Waals surface area contributed by atoms with E-state index in [4.69, 9.17) is 5.73 Å². The lowest BCUT2D eigenvalue weighted by atomic mass is 10.1. The average molecular weight is 244 g/mol. The Bertz CT molecular complexity index is 717. The number of anilines is 1. The molecule has 0 saturated carbocycles. The molecular formula is C12H12N4S. The Morgan fingerprint density at radius 1 is 1.35 bits per heavy atom. The van der Waals surface area contributed by atoms with E-state index in [2.05, 4.69) is 27.9 Å². The van der Waals surface area contributed by atoms with Crippen molar-refractivity contribution in [2.75, 3.05) is 5.73 Å². The van der Waals surface area contributed by atoms with Crippen LogP contribution in [0, 0.1) is 6.92 Å². The predicted molar refractivity (Wildman–Crippen MR) is 71.2 cm³/mol. The maximum Gasteiger partial charge on any atom is 0.144 e. The van der Waals surface area contributed by atoms with E-state index in [1.54, 1.807) is 11.3 Å². The minimum absolute atomic E-state index is 0.536. The third kappa shape index (κ3) is 1.46. The number of aromatic nitrogens is 3. The van der Waals surface area contributed by atoms with Crippen molar-refractivity contribution in [2.24, 2.45) is 0 Å². The smallest absolute Gasteiger partial charge is 0.144 e. The first-order valence-electron chi connectivity index (χ1n) is 5.50. The van der Waals surface area contributed by atoms with E-state index in [0.29, 0.717) is 5.82 Å². The van der Waals surface area contributed by atoms with E-state index in [1.807, 2.05) is 6.92 Å². The van der Waals surface area contributed by atoms with Crippen LogP contribution in [0.4, 0.5) is 5.82 Å². The van der Waals surface area contributed by atoms with Gasteiger partial charge in [-0.25, -0.2) is 15.0 Å². The first kappa shape index (κ1) is 10.4. The summed E-state index contributed by atoms with van der Waals surface area (Å²) >= 11 is 1.56. The Hall–Kier alpha value is -1.75. The van der Waals surface area contributed by atoms with Crippen LogP contribution in [0.5, 0.6) is 0 Å². The van der Waals surface area contributed by atoms with E-state index >= 15 is 0 Å². The Labute approximate surface area is 103 Å². The summed E-state index contributed by atoms with van der Waals surface area (Å²) in [5.41, 5.74) is 9.12. The van der Waals surface area contributed by atoms with Gasteiger partial charge in [0.2, 0.25) is 0 Å². The summed E-state index contributed by atoms with van der Waals surface area (Å²) in [5, 5.41) is 1.08. The second-order valence-corrected chi connectivity index (χ2v) is 4.98. The van der Waals surface area contributed by atoms with Crippen molar-refractivity contribution >= 4 is 37.6 Å². The van der Waals surface area contributed by atoms with Gasteiger partial charge < -0.3 is 5.73 Å². The molecule has 3 heterocycles. The fourth-order valence-corrected chi connectivity index (χ4v) is 3.06. The minimum Gasteiger partial charge on any atom is -0.382 e. The number of nitrogen functional groups attached to an aromatic ring is 1. The van der Waals surface area contributed by atoms with Crippen LogP contribution >= 0.6 is 11.3 Å². The number of hydrogen-bond acceptors (Lipinski definition) is 5. The van der Waals surface area contributed by atoms with E-state index in [9.17, 15) is 0 Å². The quantitative estimate of drug-likeness (QED) is 0.714. The molecule has 0 aliphatic heterocycles. The zero-order chi connectivity index (χ0) is 12.0. The molecule has 4 nitrogen and oxygen atoms in total. The second-order valence-electron chi connectivity index (χ2n) is 3.98. The third-order valence-electron chi connectivity index (χ3n) is 2.95. The van der Waals surface area contributed by atoms with Crippen LogP contribution in [0.1, 0.15) is 18.2 Å². The molecule has 0 radical (unpaired) electrons. The van der Waals surface area contributed by atoms with Gasteiger partial charge in [-0.15, -0.1) is 11.3 Å².